The van der Waals surface area contributed by atoms with Crippen molar-refractivity contribution < 1.29 is 9.90 Å². The van der Waals surface area contributed by atoms with E-state index in [9.17, 15) is 4.79 Å². The van der Waals surface area contributed by atoms with Gasteiger partial charge in [0, 0.05) is 36.1 Å². The van der Waals surface area contributed by atoms with Crippen LogP contribution in [0.25, 0.3) is 0 Å². The number of rotatable bonds is 5. The van der Waals surface area contributed by atoms with Crippen molar-refractivity contribution >= 4 is 17.3 Å². The van der Waals surface area contributed by atoms with Gasteiger partial charge >= 0.3 is 0 Å². The molecule has 0 bridgehead atoms. The van der Waals surface area contributed by atoms with E-state index in [2.05, 4.69) is 10.2 Å². The molecule has 1 unspecified atom stereocenters. The fraction of sp³-hybridized carbons (Fsp3) is 0.533. The topological polar surface area (TPSA) is 78.6 Å². The Bertz CT molecular complexity index is 514. The van der Waals surface area contributed by atoms with Crippen molar-refractivity contribution in [3.63, 3.8) is 0 Å². The van der Waals surface area contributed by atoms with Crippen LogP contribution in [0.1, 0.15) is 37.3 Å². The lowest BCUT2D eigenvalue weighted by Gasteiger charge is -2.39. The third-order valence-corrected chi connectivity index (χ3v) is 4.32. The van der Waals surface area contributed by atoms with Crippen LogP contribution in [-0.4, -0.2) is 30.2 Å². The summed E-state index contributed by atoms with van der Waals surface area (Å²) < 4.78 is 0. The number of nitrogens with one attached hydrogen (secondary N) is 1. The molecule has 0 radical (unpaired) electrons. The SMILES string of the molecule is NC1C(=O)Nc2cc(N(CCCO)C3CCC3)ccc21. The molecular formula is C15H21N3O2. The lowest BCUT2D eigenvalue weighted by atomic mass is 9.90. The number of aliphatic hydroxyl groups is 1. The molecule has 5 nitrogen and oxygen atoms in total. The molecule has 1 fully saturated rings. The quantitative estimate of drug-likeness (QED) is 0.758. The van der Waals surface area contributed by atoms with E-state index in [1.165, 1.54) is 19.3 Å². The van der Waals surface area contributed by atoms with Gasteiger partial charge in [0.2, 0.25) is 5.91 Å². The number of benzene rings is 1. The first-order valence-corrected chi connectivity index (χ1v) is 7.28. The summed E-state index contributed by atoms with van der Waals surface area (Å²) in [5.41, 5.74) is 8.64. The Morgan fingerprint density at radius 1 is 1.40 bits per heavy atom. The van der Waals surface area contributed by atoms with Gasteiger partial charge in [0.1, 0.15) is 6.04 Å². The summed E-state index contributed by atoms with van der Waals surface area (Å²) in [6.45, 7) is 1.05. The second-order valence-electron chi connectivity index (χ2n) is 5.59. The van der Waals surface area contributed by atoms with Gasteiger partial charge in [0.25, 0.3) is 0 Å². The molecule has 1 amide bonds. The van der Waals surface area contributed by atoms with Gasteiger partial charge in [-0.1, -0.05) is 6.07 Å². The molecule has 1 atom stereocenters. The van der Waals surface area contributed by atoms with E-state index >= 15 is 0 Å². The van der Waals surface area contributed by atoms with E-state index in [0.717, 1.165) is 29.9 Å². The first-order chi connectivity index (χ1) is 9.70. The second kappa shape index (κ2) is 5.42. The maximum Gasteiger partial charge on any atom is 0.245 e. The number of anilines is 2. The molecule has 1 aliphatic heterocycles. The van der Waals surface area contributed by atoms with Crippen molar-refractivity contribution in [1.29, 1.82) is 0 Å². The number of amides is 1. The minimum atomic E-state index is -0.548. The second-order valence-corrected chi connectivity index (χ2v) is 5.59. The lowest BCUT2D eigenvalue weighted by Crippen LogP contribution is -2.41. The molecule has 0 aromatic heterocycles. The highest BCUT2D eigenvalue weighted by Gasteiger charge is 2.29. The molecule has 1 heterocycles. The summed E-state index contributed by atoms with van der Waals surface area (Å²) in [5, 5.41) is 11.9. The third-order valence-electron chi connectivity index (χ3n) is 4.32. The molecule has 0 spiro atoms. The Hall–Kier alpha value is -1.59. The van der Waals surface area contributed by atoms with Crippen LogP contribution >= 0.6 is 0 Å². The number of aliphatic hydroxyl groups excluding tert-OH is 1. The molecule has 1 aromatic rings. The number of carbonyl (C=O) groups is 1. The van der Waals surface area contributed by atoms with Crippen molar-refractivity contribution in [3.05, 3.63) is 23.8 Å². The maximum absolute atomic E-state index is 11.6. The van der Waals surface area contributed by atoms with Gasteiger partial charge in [-0.3, -0.25) is 4.79 Å². The molecule has 2 aliphatic rings. The average Bonchev–Trinajstić information content (AvgIpc) is 2.67. The zero-order valence-electron chi connectivity index (χ0n) is 11.5. The predicted molar refractivity (Wildman–Crippen MR) is 78.7 cm³/mol. The minimum Gasteiger partial charge on any atom is -0.396 e. The van der Waals surface area contributed by atoms with Gasteiger partial charge in [-0.15, -0.1) is 0 Å². The highest BCUT2D eigenvalue weighted by molar-refractivity contribution is 6.02. The Labute approximate surface area is 118 Å². The fourth-order valence-corrected chi connectivity index (χ4v) is 2.92. The monoisotopic (exact) mass is 275 g/mol. The highest BCUT2D eigenvalue weighted by atomic mass is 16.3. The number of hydrogen-bond acceptors (Lipinski definition) is 4. The zero-order valence-corrected chi connectivity index (χ0v) is 11.5. The van der Waals surface area contributed by atoms with E-state index in [1.807, 2.05) is 18.2 Å². The zero-order chi connectivity index (χ0) is 14.1. The van der Waals surface area contributed by atoms with E-state index in [4.69, 9.17) is 10.8 Å². The standard InChI is InChI=1S/C15H21N3O2/c16-14-12-6-5-11(9-13(12)17-15(14)20)18(7-2-8-19)10-3-1-4-10/h5-6,9-10,14,19H,1-4,7-8,16H2,(H,17,20). The van der Waals surface area contributed by atoms with E-state index in [1.54, 1.807) is 0 Å². The summed E-state index contributed by atoms with van der Waals surface area (Å²) in [6.07, 6.45) is 4.44. The number of fused-ring (bicyclic) bond motifs is 1. The molecule has 1 aliphatic carbocycles. The average molecular weight is 275 g/mol. The Morgan fingerprint density at radius 2 is 2.20 bits per heavy atom. The van der Waals surface area contributed by atoms with Gasteiger partial charge in [-0.25, -0.2) is 0 Å². The molecule has 108 valence electrons. The number of carbonyl (C=O) groups excluding carboxylic acids is 1. The first kappa shape index (κ1) is 13.4. The first-order valence-electron chi connectivity index (χ1n) is 7.28. The predicted octanol–water partition coefficient (Wildman–Crippen LogP) is 1.38. The van der Waals surface area contributed by atoms with Crippen LogP contribution in [0.2, 0.25) is 0 Å². The van der Waals surface area contributed by atoms with Gasteiger partial charge < -0.3 is 21.1 Å². The number of nitrogens with two attached hydrogens (primary N) is 1. The Balaban J connectivity index is 1.84. The van der Waals surface area contributed by atoms with Crippen LogP contribution in [0.3, 0.4) is 0 Å². The van der Waals surface area contributed by atoms with Crippen LogP contribution in [-0.2, 0) is 4.79 Å². The summed E-state index contributed by atoms with van der Waals surface area (Å²) in [5.74, 6) is -0.136. The number of hydrogen-bond donors (Lipinski definition) is 3. The minimum absolute atomic E-state index is 0.136. The molecule has 0 saturated heterocycles. The van der Waals surface area contributed by atoms with Crippen LogP contribution in [0, 0.1) is 0 Å². The molecule has 4 N–H and O–H groups in total. The van der Waals surface area contributed by atoms with Crippen LogP contribution in [0.15, 0.2) is 18.2 Å². The molecule has 5 heteroatoms. The summed E-state index contributed by atoms with van der Waals surface area (Å²) >= 11 is 0. The maximum atomic E-state index is 11.6. The smallest absolute Gasteiger partial charge is 0.245 e. The molecule has 1 saturated carbocycles. The van der Waals surface area contributed by atoms with Crippen LogP contribution < -0.4 is 16.0 Å². The normalized spacial score (nSPS) is 21.3. The molecule has 20 heavy (non-hydrogen) atoms. The Morgan fingerprint density at radius 3 is 2.85 bits per heavy atom. The molecule has 3 rings (SSSR count). The lowest BCUT2D eigenvalue weighted by molar-refractivity contribution is -0.116. The largest absolute Gasteiger partial charge is 0.396 e. The summed E-state index contributed by atoms with van der Waals surface area (Å²) in [7, 11) is 0. The van der Waals surface area contributed by atoms with Crippen molar-refractivity contribution in [2.24, 2.45) is 5.73 Å². The number of nitrogens with zero attached hydrogens (tertiary/aromatic N) is 1. The van der Waals surface area contributed by atoms with Crippen molar-refractivity contribution in [2.45, 2.75) is 37.8 Å². The highest BCUT2D eigenvalue weighted by Crippen LogP contribution is 2.36. The van der Waals surface area contributed by atoms with Crippen LogP contribution in [0.5, 0.6) is 0 Å². The van der Waals surface area contributed by atoms with Crippen molar-refractivity contribution in [3.8, 4) is 0 Å². The van der Waals surface area contributed by atoms with Crippen LogP contribution in [0.4, 0.5) is 11.4 Å². The van der Waals surface area contributed by atoms with Crippen molar-refractivity contribution in [1.82, 2.24) is 0 Å². The van der Waals surface area contributed by atoms with E-state index in [-0.39, 0.29) is 12.5 Å². The van der Waals surface area contributed by atoms with Gasteiger partial charge in [0.15, 0.2) is 0 Å². The summed E-state index contributed by atoms with van der Waals surface area (Å²) in [6, 6.07) is 6.00. The molecular weight excluding hydrogens is 254 g/mol. The van der Waals surface area contributed by atoms with Crippen molar-refractivity contribution in [2.75, 3.05) is 23.4 Å². The summed E-state index contributed by atoms with van der Waals surface area (Å²) in [4.78, 5) is 13.9. The Kier molecular flexibility index (Phi) is 3.63. The fourth-order valence-electron chi connectivity index (χ4n) is 2.92. The van der Waals surface area contributed by atoms with Gasteiger partial charge in [-0.05, 0) is 37.8 Å². The van der Waals surface area contributed by atoms with E-state index in [0.29, 0.717) is 6.04 Å². The van der Waals surface area contributed by atoms with Gasteiger partial charge in [0.05, 0.1) is 0 Å². The van der Waals surface area contributed by atoms with Gasteiger partial charge in [-0.2, -0.15) is 0 Å². The molecule has 1 aromatic carbocycles. The van der Waals surface area contributed by atoms with E-state index < -0.39 is 6.04 Å². The third kappa shape index (κ3) is 2.27.